The molecule has 2 aliphatic rings. The molecule has 0 saturated carbocycles. The van der Waals surface area contributed by atoms with E-state index < -0.39 is 0 Å². The summed E-state index contributed by atoms with van der Waals surface area (Å²) in [7, 11) is 0. The zero-order valence-electron chi connectivity index (χ0n) is 19.1. The van der Waals surface area contributed by atoms with Crippen LogP contribution in [0.1, 0.15) is 48.5 Å². The summed E-state index contributed by atoms with van der Waals surface area (Å²) in [5.41, 5.74) is 2.74. The van der Waals surface area contributed by atoms with E-state index in [0.717, 1.165) is 56.6 Å². The lowest BCUT2D eigenvalue weighted by Gasteiger charge is -2.33. The van der Waals surface area contributed by atoms with Gasteiger partial charge in [0.15, 0.2) is 0 Å². The Morgan fingerprint density at radius 3 is 2.55 bits per heavy atom. The van der Waals surface area contributed by atoms with Crippen LogP contribution in [-0.2, 0) is 16.0 Å². The van der Waals surface area contributed by atoms with E-state index in [0.29, 0.717) is 23.7 Å². The summed E-state index contributed by atoms with van der Waals surface area (Å²) in [5, 5.41) is 5.89. The summed E-state index contributed by atoms with van der Waals surface area (Å²) >= 11 is 0. The zero-order valence-corrected chi connectivity index (χ0v) is 19.1. The predicted molar refractivity (Wildman–Crippen MR) is 127 cm³/mol. The third-order valence-corrected chi connectivity index (χ3v) is 6.44. The fourth-order valence-corrected chi connectivity index (χ4v) is 4.42. The van der Waals surface area contributed by atoms with Gasteiger partial charge in [0, 0.05) is 37.6 Å². The molecular weight excluding hydrogens is 421 g/mol. The molecule has 33 heavy (non-hydrogen) atoms. The Hall–Kier alpha value is -2.93. The molecule has 0 bridgehead atoms. The summed E-state index contributed by atoms with van der Waals surface area (Å²) in [6.07, 6.45) is 4.35. The fraction of sp³-hybridized carbons (Fsp3) is 0.462. The second kappa shape index (κ2) is 10.8. The highest BCUT2D eigenvalue weighted by molar-refractivity contribution is 6.02. The van der Waals surface area contributed by atoms with E-state index >= 15 is 0 Å². The Kier molecular flexibility index (Phi) is 7.60. The first-order valence-corrected chi connectivity index (χ1v) is 11.8. The molecule has 2 amide bonds. The monoisotopic (exact) mass is 453 g/mol. The number of carbonyl (C=O) groups is 2. The first kappa shape index (κ1) is 23.2. The molecule has 7 heteroatoms. The normalized spacial score (nSPS) is 18.8. The molecule has 0 aromatic heterocycles. The van der Waals surface area contributed by atoms with Crippen LogP contribution in [-0.4, -0.2) is 44.2 Å². The molecule has 2 saturated heterocycles. The molecule has 0 radical (unpaired) electrons. The average molecular weight is 454 g/mol. The molecule has 2 fully saturated rings. The van der Waals surface area contributed by atoms with Crippen molar-refractivity contribution in [3.8, 4) is 0 Å². The van der Waals surface area contributed by atoms with Gasteiger partial charge in [-0.1, -0.05) is 19.1 Å². The van der Waals surface area contributed by atoms with Gasteiger partial charge in [0.2, 0.25) is 5.91 Å². The molecule has 2 aliphatic heterocycles. The smallest absolute Gasteiger partial charge is 0.253 e. The summed E-state index contributed by atoms with van der Waals surface area (Å²) in [6.45, 7) is 5.29. The minimum absolute atomic E-state index is 0.0619. The van der Waals surface area contributed by atoms with Crippen LogP contribution in [0.2, 0.25) is 0 Å². The highest BCUT2D eigenvalue weighted by atomic mass is 19.1. The number of amides is 2. The highest BCUT2D eigenvalue weighted by Crippen LogP contribution is 2.29. The molecule has 6 nitrogen and oxygen atoms in total. The Bertz CT molecular complexity index is 965. The zero-order chi connectivity index (χ0) is 23.2. The maximum absolute atomic E-state index is 13.1. The number of benzene rings is 2. The van der Waals surface area contributed by atoms with E-state index in [1.54, 1.807) is 18.2 Å². The number of hydrogen-bond acceptors (Lipinski definition) is 4. The summed E-state index contributed by atoms with van der Waals surface area (Å²) in [5.74, 6) is -0.0239. The van der Waals surface area contributed by atoms with Gasteiger partial charge in [-0.05, 0) is 67.5 Å². The van der Waals surface area contributed by atoms with Crippen LogP contribution >= 0.6 is 0 Å². The molecule has 2 aromatic rings. The number of ether oxygens (including phenoxy) is 1. The van der Waals surface area contributed by atoms with E-state index in [2.05, 4.69) is 22.5 Å². The highest BCUT2D eigenvalue weighted by Gasteiger charge is 2.23. The van der Waals surface area contributed by atoms with Gasteiger partial charge in [-0.25, -0.2) is 4.39 Å². The van der Waals surface area contributed by atoms with Crippen LogP contribution in [0.4, 0.5) is 15.8 Å². The van der Waals surface area contributed by atoms with Crippen molar-refractivity contribution in [1.29, 1.82) is 0 Å². The molecule has 4 rings (SSSR count). The van der Waals surface area contributed by atoms with Crippen molar-refractivity contribution in [2.45, 2.75) is 45.1 Å². The molecule has 2 heterocycles. The number of anilines is 2. The molecular formula is C26H32FN3O3. The Morgan fingerprint density at radius 1 is 1.09 bits per heavy atom. The lowest BCUT2D eigenvalue weighted by Crippen LogP contribution is -2.36. The SMILES string of the molecule is CC1CCN(c2ccc(NC(=O)Cc3ccc(F)cc3)cc2C(=O)NCC2CCCO2)CC1. The van der Waals surface area contributed by atoms with Crippen molar-refractivity contribution in [3.05, 3.63) is 59.4 Å². The van der Waals surface area contributed by atoms with E-state index in [1.807, 2.05) is 12.1 Å². The van der Waals surface area contributed by atoms with E-state index in [9.17, 15) is 14.0 Å². The molecule has 0 aliphatic carbocycles. The lowest BCUT2D eigenvalue weighted by molar-refractivity contribution is -0.115. The van der Waals surface area contributed by atoms with Gasteiger partial charge < -0.3 is 20.3 Å². The number of rotatable bonds is 7. The lowest BCUT2D eigenvalue weighted by atomic mass is 9.97. The van der Waals surface area contributed by atoms with E-state index in [1.165, 1.54) is 12.1 Å². The molecule has 2 N–H and O–H groups in total. The van der Waals surface area contributed by atoms with Gasteiger partial charge in [-0.3, -0.25) is 9.59 Å². The third-order valence-electron chi connectivity index (χ3n) is 6.44. The number of nitrogens with zero attached hydrogens (tertiary/aromatic N) is 1. The Balaban J connectivity index is 1.48. The molecule has 0 spiro atoms. The fourth-order valence-electron chi connectivity index (χ4n) is 4.42. The van der Waals surface area contributed by atoms with E-state index in [4.69, 9.17) is 4.74 Å². The van der Waals surface area contributed by atoms with Gasteiger partial charge in [-0.15, -0.1) is 0 Å². The van der Waals surface area contributed by atoms with Crippen molar-refractivity contribution in [1.82, 2.24) is 5.32 Å². The number of hydrogen-bond donors (Lipinski definition) is 2. The van der Waals surface area contributed by atoms with Gasteiger partial charge in [0.1, 0.15) is 5.82 Å². The van der Waals surface area contributed by atoms with Crippen LogP contribution in [0, 0.1) is 11.7 Å². The van der Waals surface area contributed by atoms with E-state index in [-0.39, 0.29) is 30.2 Å². The van der Waals surface area contributed by atoms with Gasteiger partial charge in [-0.2, -0.15) is 0 Å². The van der Waals surface area contributed by atoms with Crippen molar-refractivity contribution in [2.24, 2.45) is 5.92 Å². The minimum atomic E-state index is -0.333. The molecule has 1 unspecified atom stereocenters. The largest absolute Gasteiger partial charge is 0.376 e. The van der Waals surface area contributed by atoms with Gasteiger partial charge in [0.25, 0.3) is 5.91 Å². The van der Waals surface area contributed by atoms with Crippen LogP contribution < -0.4 is 15.5 Å². The summed E-state index contributed by atoms with van der Waals surface area (Å²) in [6, 6.07) is 11.4. The Morgan fingerprint density at radius 2 is 1.85 bits per heavy atom. The maximum atomic E-state index is 13.1. The second-order valence-electron chi connectivity index (χ2n) is 9.10. The first-order valence-electron chi connectivity index (χ1n) is 11.8. The molecule has 176 valence electrons. The van der Waals surface area contributed by atoms with Crippen LogP contribution in [0.5, 0.6) is 0 Å². The number of nitrogens with one attached hydrogen (secondary N) is 2. The van der Waals surface area contributed by atoms with Crippen molar-refractivity contribution in [2.75, 3.05) is 36.5 Å². The summed E-state index contributed by atoms with van der Waals surface area (Å²) < 4.78 is 18.7. The third kappa shape index (κ3) is 6.32. The van der Waals surface area contributed by atoms with Gasteiger partial charge in [0.05, 0.1) is 18.1 Å². The molecule has 2 aromatic carbocycles. The predicted octanol–water partition coefficient (Wildman–Crippen LogP) is 4.15. The average Bonchev–Trinajstić information content (AvgIpc) is 3.33. The minimum Gasteiger partial charge on any atom is -0.376 e. The standard InChI is InChI=1S/C26H32FN3O3/c1-18-10-12-30(13-11-18)24-9-8-21(29-25(31)15-19-4-6-20(27)7-5-19)16-23(24)26(32)28-17-22-3-2-14-33-22/h4-9,16,18,22H,2-3,10-15,17H2,1H3,(H,28,32)(H,29,31). The first-order chi connectivity index (χ1) is 16.0. The van der Waals surface area contributed by atoms with Gasteiger partial charge >= 0.3 is 0 Å². The Labute approximate surface area is 194 Å². The van der Waals surface area contributed by atoms with Crippen LogP contribution in [0.15, 0.2) is 42.5 Å². The van der Waals surface area contributed by atoms with Crippen LogP contribution in [0.3, 0.4) is 0 Å². The topological polar surface area (TPSA) is 70.7 Å². The summed E-state index contributed by atoms with van der Waals surface area (Å²) in [4.78, 5) is 27.9. The van der Waals surface area contributed by atoms with Crippen LogP contribution in [0.25, 0.3) is 0 Å². The number of carbonyl (C=O) groups excluding carboxylic acids is 2. The quantitative estimate of drug-likeness (QED) is 0.661. The number of halogens is 1. The van der Waals surface area contributed by atoms with Crippen molar-refractivity contribution < 1.29 is 18.7 Å². The second-order valence-corrected chi connectivity index (χ2v) is 9.10. The number of piperidine rings is 1. The van der Waals surface area contributed by atoms with Crippen molar-refractivity contribution >= 4 is 23.2 Å². The van der Waals surface area contributed by atoms with Crippen molar-refractivity contribution in [3.63, 3.8) is 0 Å². The maximum Gasteiger partial charge on any atom is 0.253 e. The molecule has 1 atom stereocenters.